The number of hydrogen-bond acceptors (Lipinski definition) is 9. The Morgan fingerprint density at radius 3 is 2.52 bits per heavy atom. The molecule has 0 aliphatic carbocycles. The first kappa shape index (κ1) is 30.8. The summed E-state index contributed by atoms with van der Waals surface area (Å²) >= 11 is 1.01. The zero-order valence-corrected chi connectivity index (χ0v) is 26.7. The maximum absolute atomic E-state index is 14.2. The number of carbonyl (C=O) groups is 2. The molecule has 0 saturated heterocycles. The monoisotopic (exact) mass is 636 g/mol. The van der Waals surface area contributed by atoms with Gasteiger partial charge in [0.1, 0.15) is 23.7 Å². The van der Waals surface area contributed by atoms with Crippen molar-refractivity contribution < 1.29 is 28.2 Å². The van der Waals surface area contributed by atoms with Crippen LogP contribution in [0, 0.1) is 20.8 Å². The molecule has 9 nitrogen and oxygen atoms in total. The Labute approximate surface area is 269 Å². The van der Waals surface area contributed by atoms with Crippen LogP contribution >= 0.6 is 11.3 Å². The summed E-state index contributed by atoms with van der Waals surface area (Å²) in [6, 6.07) is 17.7. The zero-order valence-electron chi connectivity index (χ0n) is 25.9. The van der Waals surface area contributed by atoms with E-state index in [1.165, 1.54) is 11.0 Å². The number of benzene rings is 3. The summed E-state index contributed by atoms with van der Waals surface area (Å²) in [5, 5.41) is 0.598. The van der Waals surface area contributed by atoms with Crippen molar-refractivity contribution in [2.24, 2.45) is 0 Å². The summed E-state index contributed by atoms with van der Waals surface area (Å²) < 4.78 is 23.6. The van der Waals surface area contributed by atoms with E-state index in [0.717, 1.165) is 28.0 Å². The van der Waals surface area contributed by atoms with E-state index in [4.69, 9.17) is 18.6 Å². The van der Waals surface area contributed by atoms with Crippen molar-refractivity contribution in [1.29, 1.82) is 0 Å². The van der Waals surface area contributed by atoms with Crippen LogP contribution in [0.3, 0.4) is 0 Å². The van der Waals surface area contributed by atoms with Gasteiger partial charge in [-0.15, -0.1) is 0 Å². The molecule has 1 aliphatic heterocycles. The van der Waals surface area contributed by atoms with Crippen LogP contribution < -0.4 is 19.8 Å². The van der Waals surface area contributed by atoms with Gasteiger partial charge in [-0.3, -0.25) is 14.5 Å². The van der Waals surface area contributed by atoms with E-state index in [0.29, 0.717) is 46.9 Å². The van der Waals surface area contributed by atoms with Crippen LogP contribution in [0.15, 0.2) is 82.5 Å². The van der Waals surface area contributed by atoms with Gasteiger partial charge in [-0.1, -0.05) is 60.4 Å². The summed E-state index contributed by atoms with van der Waals surface area (Å²) in [7, 11) is 0. The van der Waals surface area contributed by atoms with Crippen LogP contribution in [-0.4, -0.2) is 30.1 Å². The first-order valence-corrected chi connectivity index (χ1v) is 15.6. The van der Waals surface area contributed by atoms with Gasteiger partial charge in [0.15, 0.2) is 22.1 Å². The number of carbonyl (C=O) groups excluding carboxylic acids is 2. The molecule has 0 radical (unpaired) electrons. The number of ether oxygens (including phenoxy) is 3. The van der Waals surface area contributed by atoms with Gasteiger partial charge in [0, 0.05) is 0 Å². The average Bonchev–Trinajstić information content (AvgIpc) is 3.57. The highest BCUT2D eigenvalue weighted by Gasteiger charge is 2.45. The smallest absolute Gasteiger partial charge is 0.350 e. The third kappa shape index (κ3) is 5.56. The lowest BCUT2D eigenvalue weighted by molar-refractivity contribution is 0.0554. The fraction of sp³-hybridized carbons (Fsp3) is 0.222. The van der Waals surface area contributed by atoms with Crippen molar-refractivity contribution in [2.75, 3.05) is 18.1 Å². The fourth-order valence-corrected chi connectivity index (χ4v) is 6.42. The lowest BCUT2D eigenvalue weighted by Gasteiger charge is -2.23. The van der Waals surface area contributed by atoms with E-state index in [1.807, 2.05) is 51.1 Å². The number of nitrogens with zero attached hydrogens (tertiary/aromatic N) is 2. The predicted octanol–water partition coefficient (Wildman–Crippen LogP) is 7.25. The first-order chi connectivity index (χ1) is 22.2. The fourth-order valence-electron chi connectivity index (χ4n) is 5.43. The lowest BCUT2D eigenvalue weighted by Crippen LogP contribution is -2.29. The van der Waals surface area contributed by atoms with Crippen LogP contribution in [0.2, 0.25) is 0 Å². The van der Waals surface area contributed by atoms with Crippen LogP contribution in [-0.2, 0) is 11.3 Å². The molecule has 46 heavy (non-hydrogen) atoms. The summed E-state index contributed by atoms with van der Waals surface area (Å²) in [5.74, 6) is -0.223. The Balaban J connectivity index is 1.50. The quantitative estimate of drug-likeness (QED) is 0.117. The molecule has 1 aliphatic rings. The second-order valence-corrected chi connectivity index (χ2v) is 11.9. The molecule has 3 aromatic carbocycles. The molecule has 10 heteroatoms. The molecule has 0 N–H and O–H groups in total. The third-order valence-corrected chi connectivity index (χ3v) is 8.95. The molecule has 0 bridgehead atoms. The highest BCUT2D eigenvalue weighted by atomic mass is 32.1. The number of amides is 1. The summed E-state index contributed by atoms with van der Waals surface area (Å²) in [6.07, 6.45) is 1.47. The maximum atomic E-state index is 14.2. The summed E-state index contributed by atoms with van der Waals surface area (Å²) in [5.41, 5.74) is 4.02. The van der Waals surface area contributed by atoms with Crippen molar-refractivity contribution >= 4 is 39.3 Å². The molecule has 1 atom stereocenters. The number of fused-ring (bicyclic) bond motifs is 2. The van der Waals surface area contributed by atoms with Gasteiger partial charge in [0.05, 0.1) is 29.3 Å². The third-order valence-electron chi connectivity index (χ3n) is 7.82. The first-order valence-electron chi connectivity index (χ1n) is 14.8. The Bertz CT molecular complexity index is 2050. The summed E-state index contributed by atoms with van der Waals surface area (Å²) in [6.45, 7) is 11.7. The minimum absolute atomic E-state index is 0.0327. The molecular weight excluding hydrogens is 604 g/mol. The lowest BCUT2D eigenvalue weighted by atomic mass is 9.97. The number of anilines is 1. The molecule has 0 saturated carbocycles. The number of thiazole rings is 1. The van der Waals surface area contributed by atoms with E-state index in [1.54, 1.807) is 37.3 Å². The Hall–Kier alpha value is -5.22. The topological polar surface area (TPSA) is 108 Å². The van der Waals surface area contributed by atoms with Gasteiger partial charge < -0.3 is 18.6 Å². The number of esters is 1. The highest BCUT2D eigenvalue weighted by molar-refractivity contribution is 7.17. The number of aromatic nitrogens is 1. The number of aryl methyl sites for hydroxylation is 3. The van der Waals surface area contributed by atoms with E-state index in [2.05, 4.69) is 11.6 Å². The average molecular weight is 637 g/mol. The molecular formula is C36H32N2O7S. The van der Waals surface area contributed by atoms with Crippen molar-refractivity contribution in [3.05, 3.63) is 128 Å². The van der Waals surface area contributed by atoms with Gasteiger partial charge in [-0.25, -0.2) is 9.78 Å². The molecule has 0 fully saturated rings. The van der Waals surface area contributed by atoms with Gasteiger partial charge in [0.25, 0.3) is 5.91 Å². The van der Waals surface area contributed by atoms with Gasteiger partial charge in [-0.2, -0.15) is 0 Å². The predicted molar refractivity (Wildman–Crippen MR) is 176 cm³/mol. The van der Waals surface area contributed by atoms with Gasteiger partial charge >= 0.3 is 5.97 Å². The van der Waals surface area contributed by atoms with E-state index in [9.17, 15) is 14.4 Å². The molecule has 3 heterocycles. The molecule has 234 valence electrons. The molecule has 6 rings (SSSR count). The molecule has 0 spiro atoms. The molecule has 1 unspecified atom stereocenters. The highest BCUT2D eigenvalue weighted by Crippen LogP contribution is 2.45. The minimum atomic E-state index is -0.922. The van der Waals surface area contributed by atoms with Crippen molar-refractivity contribution in [2.45, 2.75) is 40.3 Å². The van der Waals surface area contributed by atoms with Crippen LogP contribution in [0.25, 0.3) is 11.0 Å². The number of rotatable bonds is 10. The van der Waals surface area contributed by atoms with E-state index >= 15 is 0 Å². The van der Waals surface area contributed by atoms with E-state index < -0.39 is 17.9 Å². The molecule has 5 aromatic rings. The standard InChI is InChI=1S/C36H32N2O7S/c1-6-15-43-35(41)33-22(5)37-36(46-33)38-30(29-31(39)25-16-20(3)21(4)17-27(25)45-32(29)34(38)40)24-13-14-26(28(18-24)42-7-2)44-19-23-11-9-8-10-12-23/h6,8-14,16-18,30H,1,7,15,19H2,2-5H3. The van der Waals surface area contributed by atoms with E-state index in [-0.39, 0.29) is 33.4 Å². The second-order valence-electron chi connectivity index (χ2n) is 10.9. The SMILES string of the molecule is C=CCOC(=O)c1sc(N2C(=O)c3oc4cc(C)c(C)cc4c(=O)c3C2c2ccc(OCc3ccccc3)c(OCC)c2)nc1C. The summed E-state index contributed by atoms with van der Waals surface area (Å²) in [4.78, 5) is 47.5. The van der Waals surface area contributed by atoms with Crippen LogP contribution in [0.1, 0.15) is 66.7 Å². The molecule has 1 amide bonds. The van der Waals surface area contributed by atoms with Crippen molar-refractivity contribution in [1.82, 2.24) is 4.98 Å². The second kappa shape index (κ2) is 12.6. The number of hydrogen-bond donors (Lipinski definition) is 0. The van der Waals surface area contributed by atoms with Crippen LogP contribution in [0.4, 0.5) is 5.13 Å². The van der Waals surface area contributed by atoms with Crippen LogP contribution in [0.5, 0.6) is 11.5 Å². The Morgan fingerprint density at radius 1 is 1.02 bits per heavy atom. The zero-order chi connectivity index (χ0) is 32.5. The molecule has 2 aromatic heterocycles. The van der Waals surface area contributed by atoms with Gasteiger partial charge in [-0.05, 0) is 74.2 Å². The Morgan fingerprint density at radius 2 is 1.78 bits per heavy atom. The van der Waals surface area contributed by atoms with Crippen molar-refractivity contribution in [3.8, 4) is 11.5 Å². The maximum Gasteiger partial charge on any atom is 0.350 e. The van der Waals surface area contributed by atoms with Crippen molar-refractivity contribution in [3.63, 3.8) is 0 Å². The Kier molecular flexibility index (Phi) is 8.46. The van der Waals surface area contributed by atoms with Gasteiger partial charge in [0.2, 0.25) is 5.76 Å². The normalized spacial score (nSPS) is 14.0. The minimum Gasteiger partial charge on any atom is -0.490 e. The largest absolute Gasteiger partial charge is 0.490 e.